The van der Waals surface area contributed by atoms with Crippen molar-refractivity contribution in [3.05, 3.63) is 97.5 Å². The van der Waals surface area contributed by atoms with E-state index in [1.807, 2.05) is 12.1 Å². The van der Waals surface area contributed by atoms with Gasteiger partial charge in [0.15, 0.2) is 0 Å². The van der Waals surface area contributed by atoms with Crippen molar-refractivity contribution in [3.8, 4) is 0 Å². The van der Waals surface area contributed by atoms with Crippen LogP contribution in [0.3, 0.4) is 0 Å². The highest BCUT2D eigenvalue weighted by Gasteiger charge is 2.02. The highest BCUT2D eigenvalue weighted by atomic mass is 16.6. The van der Waals surface area contributed by atoms with Gasteiger partial charge < -0.3 is 19.7 Å². The number of carboxylic acid groups (broad SMARTS) is 2. The average Bonchev–Trinajstić information content (AvgIpc) is 2.64. The minimum Gasteiger partial charge on any atom is -0.450 e. The molecule has 0 aromatic heterocycles. The van der Waals surface area contributed by atoms with E-state index in [1.165, 1.54) is 0 Å². The molecular formula is C19H18O7. The number of hydrogen-bond donors (Lipinski definition) is 2. The Morgan fingerprint density at radius 3 is 1.19 bits per heavy atom. The first kappa shape index (κ1) is 22.1. The summed E-state index contributed by atoms with van der Waals surface area (Å²) in [6, 6.07) is 17.5. The van der Waals surface area contributed by atoms with Crippen molar-refractivity contribution in [2.24, 2.45) is 0 Å². The Morgan fingerprint density at radius 2 is 0.962 bits per heavy atom. The zero-order valence-corrected chi connectivity index (χ0v) is 13.8. The van der Waals surface area contributed by atoms with Crippen molar-refractivity contribution < 1.29 is 34.1 Å². The average molecular weight is 358 g/mol. The lowest BCUT2D eigenvalue weighted by Crippen LogP contribution is -1.98. The maximum Gasteiger partial charge on any atom is 0.503 e. The highest BCUT2D eigenvalue weighted by molar-refractivity contribution is 5.90. The number of ether oxygens (including phenoxy) is 2. The zero-order chi connectivity index (χ0) is 19.8. The molecule has 26 heavy (non-hydrogen) atoms. The van der Waals surface area contributed by atoms with Crippen molar-refractivity contribution in [2.45, 2.75) is 0 Å². The number of rotatable bonds is 4. The number of carbonyl (C=O) groups is 3. The van der Waals surface area contributed by atoms with E-state index in [9.17, 15) is 9.59 Å². The first-order chi connectivity index (χ1) is 12.4. The molecular weight excluding hydrogens is 340 g/mol. The van der Waals surface area contributed by atoms with Crippen LogP contribution < -0.4 is 0 Å². The molecule has 0 heterocycles. The van der Waals surface area contributed by atoms with Crippen LogP contribution in [0.4, 0.5) is 4.79 Å². The van der Waals surface area contributed by atoms with Crippen molar-refractivity contribution in [3.63, 3.8) is 0 Å². The van der Waals surface area contributed by atoms with Crippen LogP contribution in [0.2, 0.25) is 0 Å². The van der Waals surface area contributed by atoms with Crippen molar-refractivity contribution >= 4 is 18.1 Å². The van der Waals surface area contributed by atoms with Crippen LogP contribution in [0.25, 0.3) is 0 Å². The molecule has 2 aromatic rings. The van der Waals surface area contributed by atoms with E-state index in [4.69, 9.17) is 15.0 Å². The van der Waals surface area contributed by atoms with Crippen LogP contribution in [0.5, 0.6) is 0 Å². The quantitative estimate of drug-likeness (QED) is 0.622. The number of esters is 2. The van der Waals surface area contributed by atoms with Gasteiger partial charge in [0.05, 0.1) is 23.7 Å². The second kappa shape index (κ2) is 13.6. The van der Waals surface area contributed by atoms with E-state index >= 15 is 0 Å². The summed E-state index contributed by atoms with van der Waals surface area (Å²) < 4.78 is 9.11. The summed E-state index contributed by atoms with van der Waals surface area (Å²) in [7, 11) is 0. The predicted molar refractivity (Wildman–Crippen MR) is 94.8 cm³/mol. The minimum absolute atomic E-state index is 0.374. The zero-order valence-electron chi connectivity index (χ0n) is 13.8. The molecule has 7 nitrogen and oxygen atoms in total. The Kier molecular flexibility index (Phi) is 11.5. The van der Waals surface area contributed by atoms with E-state index < -0.39 is 6.16 Å². The number of carbonyl (C=O) groups excluding carboxylic acids is 2. The summed E-state index contributed by atoms with van der Waals surface area (Å²) in [5.41, 5.74) is 1.07. The molecule has 0 atom stereocenters. The molecule has 0 bridgehead atoms. The molecule has 0 aliphatic heterocycles. The maximum absolute atomic E-state index is 11.0. The van der Waals surface area contributed by atoms with Crippen LogP contribution in [0.15, 0.2) is 86.3 Å². The van der Waals surface area contributed by atoms with Crippen molar-refractivity contribution in [1.82, 2.24) is 0 Å². The van der Waals surface area contributed by atoms with Crippen molar-refractivity contribution in [2.75, 3.05) is 0 Å². The van der Waals surface area contributed by atoms with E-state index in [0.717, 1.165) is 12.5 Å². The van der Waals surface area contributed by atoms with Gasteiger partial charge in [0.25, 0.3) is 0 Å². The molecule has 0 saturated heterocycles. The fraction of sp³-hybridized carbons (Fsp3) is 0. The van der Waals surface area contributed by atoms with Gasteiger partial charge in [-0.25, -0.2) is 14.4 Å². The van der Waals surface area contributed by atoms with Gasteiger partial charge in [-0.05, 0) is 24.3 Å². The Bertz CT molecular complexity index is 648. The summed E-state index contributed by atoms with van der Waals surface area (Å²) in [6.45, 7) is 6.57. The smallest absolute Gasteiger partial charge is 0.450 e. The lowest BCUT2D eigenvalue weighted by Gasteiger charge is -1.96. The lowest BCUT2D eigenvalue weighted by atomic mass is 10.2. The molecule has 0 amide bonds. The van der Waals surface area contributed by atoms with Gasteiger partial charge in [0.1, 0.15) is 0 Å². The van der Waals surface area contributed by atoms with Gasteiger partial charge in [-0.3, -0.25) is 0 Å². The van der Waals surface area contributed by atoms with E-state index in [0.29, 0.717) is 11.1 Å². The molecule has 0 saturated carbocycles. The monoisotopic (exact) mass is 358 g/mol. The Hall–Kier alpha value is -3.87. The molecule has 0 spiro atoms. The molecule has 2 rings (SSSR count). The summed E-state index contributed by atoms with van der Waals surface area (Å²) in [5, 5.41) is 13.9. The molecule has 0 radical (unpaired) electrons. The molecule has 2 aromatic carbocycles. The lowest BCUT2D eigenvalue weighted by molar-refractivity contribution is 0.0654. The normalized spacial score (nSPS) is 8.31. The molecule has 0 aliphatic rings. The topological polar surface area (TPSA) is 110 Å². The van der Waals surface area contributed by atoms with Crippen molar-refractivity contribution in [1.29, 1.82) is 0 Å². The number of hydrogen-bond acceptors (Lipinski definition) is 5. The van der Waals surface area contributed by atoms with Gasteiger partial charge in [-0.1, -0.05) is 49.6 Å². The molecule has 0 unspecified atom stereocenters. The Morgan fingerprint density at radius 1 is 0.692 bits per heavy atom. The van der Waals surface area contributed by atoms with Gasteiger partial charge >= 0.3 is 18.1 Å². The molecule has 0 aliphatic carbocycles. The maximum atomic E-state index is 11.0. The van der Waals surface area contributed by atoms with E-state index in [1.54, 1.807) is 48.5 Å². The van der Waals surface area contributed by atoms with Crippen LogP contribution in [0.1, 0.15) is 20.7 Å². The Labute approximate surface area is 150 Å². The van der Waals surface area contributed by atoms with Crippen LogP contribution in [0, 0.1) is 0 Å². The minimum atomic E-state index is -1.83. The predicted octanol–water partition coefficient (Wildman–Crippen LogP) is 4.20. The summed E-state index contributed by atoms with van der Waals surface area (Å²) in [4.78, 5) is 30.5. The second-order valence-corrected chi connectivity index (χ2v) is 4.16. The highest BCUT2D eigenvalue weighted by Crippen LogP contribution is 2.01. The SMILES string of the molecule is C=COC(=O)c1ccccc1.C=COC(=O)c1ccccc1.O=C(O)O. The Balaban J connectivity index is 0.000000401. The number of benzene rings is 2. The summed E-state index contributed by atoms with van der Waals surface area (Å²) in [6.07, 6.45) is 0.407. The first-order valence-corrected chi connectivity index (χ1v) is 7.08. The second-order valence-electron chi connectivity index (χ2n) is 4.16. The van der Waals surface area contributed by atoms with Crippen LogP contribution in [-0.4, -0.2) is 28.3 Å². The summed E-state index contributed by atoms with van der Waals surface area (Å²) >= 11 is 0. The van der Waals surface area contributed by atoms with Gasteiger partial charge in [0.2, 0.25) is 0 Å². The van der Waals surface area contributed by atoms with Gasteiger partial charge in [0, 0.05) is 0 Å². The third-order valence-corrected chi connectivity index (χ3v) is 2.40. The molecule has 2 N–H and O–H groups in total. The molecule has 136 valence electrons. The van der Waals surface area contributed by atoms with Crippen LogP contribution in [-0.2, 0) is 9.47 Å². The van der Waals surface area contributed by atoms with Gasteiger partial charge in [-0.15, -0.1) is 0 Å². The third-order valence-electron chi connectivity index (χ3n) is 2.40. The third kappa shape index (κ3) is 10.8. The van der Waals surface area contributed by atoms with E-state index in [2.05, 4.69) is 22.6 Å². The van der Waals surface area contributed by atoms with E-state index in [-0.39, 0.29) is 11.9 Å². The molecule has 0 fully saturated rings. The van der Waals surface area contributed by atoms with Gasteiger partial charge in [-0.2, -0.15) is 0 Å². The fourth-order valence-corrected chi connectivity index (χ4v) is 1.44. The summed E-state index contributed by atoms with van der Waals surface area (Å²) in [5.74, 6) is -0.749. The molecule has 7 heteroatoms. The fourth-order valence-electron chi connectivity index (χ4n) is 1.44. The standard InChI is InChI=1S/2C9H8O2.CH2O3/c2*1-2-11-9(10)8-6-4-3-5-7-8;2-1(3)4/h2*2-7H,1H2;(H2,2,3,4). The van der Waals surface area contributed by atoms with Crippen LogP contribution >= 0.6 is 0 Å². The first-order valence-electron chi connectivity index (χ1n) is 7.08. The largest absolute Gasteiger partial charge is 0.503 e.